The molecule has 0 radical (unpaired) electrons. The van der Waals surface area contributed by atoms with Crippen LogP contribution in [0.15, 0.2) is 12.3 Å². The minimum absolute atomic E-state index is 0.216. The summed E-state index contributed by atoms with van der Waals surface area (Å²) >= 11 is 1.95. The summed E-state index contributed by atoms with van der Waals surface area (Å²) in [5, 5.41) is 4.66. The predicted molar refractivity (Wildman–Crippen MR) is 85.7 cm³/mol. The van der Waals surface area contributed by atoms with E-state index in [1.807, 2.05) is 11.8 Å². The van der Waals surface area contributed by atoms with Crippen LogP contribution in [0.1, 0.15) is 52.3 Å². The zero-order chi connectivity index (χ0) is 14.3. The number of hydrogen-bond acceptors (Lipinski definition) is 3. The Labute approximate surface area is 122 Å². The van der Waals surface area contributed by atoms with Crippen molar-refractivity contribution in [2.75, 3.05) is 11.5 Å². The number of thioether (sulfide) groups is 1. The average molecular weight is 283 g/mol. The van der Waals surface area contributed by atoms with Crippen LogP contribution in [0.5, 0.6) is 0 Å². The number of nitrogens with zero attached hydrogens (tertiary/aromatic N) is 2. The van der Waals surface area contributed by atoms with Gasteiger partial charge in [-0.15, -0.1) is 0 Å². The molecule has 1 atom stereocenters. The van der Waals surface area contributed by atoms with E-state index in [4.69, 9.17) is 5.73 Å². The van der Waals surface area contributed by atoms with E-state index in [2.05, 4.69) is 49.7 Å². The van der Waals surface area contributed by atoms with Crippen LogP contribution in [0.3, 0.4) is 0 Å². The summed E-state index contributed by atoms with van der Waals surface area (Å²) in [5.74, 6) is 2.96. The summed E-state index contributed by atoms with van der Waals surface area (Å²) in [7, 11) is 0. The highest BCUT2D eigenvalue weighted by Gasteiger charge is 2.11. The van der Waals surface area contributed by atoms with Gasteiger partial charge in [-0.25, -0.2) is 0 Å². The highest BCUT2D eigenvalue weighted by molar-refractivity contribution is 7.99. The topological polar surface area (TPSA) is 43.8 Å². The van der Waals surface area contributed by atoms with E-state index in [1.54, 1.807) is 0 Å². The molecule has 3 nitrogen and oxygen atoms in total. The third-order valence-corrected chi connectivity index (χ3v) is 4.80. The third-order valence-electron chi connectivity index (χ3n) is 3.23. The number of nitrogens with two attached hydrogens (primary N) is 1. The second-order valence-electron chi connectivity index (χ2n) is 5.65. The molecule has 0 fully saturated rings. The zero-order valence-corrected chi connectivity index (χ0v) is 13.6. The van der Waals surface area contributed by atoms with Gasteiger partial charge < -0.3 is 5.73 Å². The third kappa shape index (κ3) is 6.00. The van der Waals surface area contributed by atoms with Gasteiger partial charge in [-0.3, -0.25) is 4.68 Å². The quantitative estimate of drug-likeness (QED) is 0.754. The summed E-state index contributed by atoms with van der Waals surface area (Å²) in [4.78, 5) is 0. The molecule has 1 aromatic rings. The standard InChI is InChI=1S/C15H29N3S/c1-5-15(6-2)18-8-7-14(17-18)9-13(16)11-19-10-12(3)4/h7-8,12-13,15H,5-6,9-11,16H2,1-4H3. The molecular weight excluding hydrogens is 254 g/mol. The lowest BCUT2D eigenvalue weighted by molar-refractivity contribution is 0.424. The van der Waals surface area contributed by atoms with Crippen LogP contribution >= 0.6 is 11.8 Å². The lowest BCUT2D eigenvalue weighted by Gasteiger charge is -2.13. The van der Waals surface area contributed by atoms with E-state index in [1.165, 1.54) is 5.75 Å². The van der Waals surface area contributed by atoms with Gasteiger partial charge >= 0.3 is 0 Å². The van der Waals surface area contributed by atoms with Gasteiger partial charge in [0, 0.05) is 24.4 Å². The van der Waals surface area contributed by atoms with Crippen molar-refractivity contribution in [1.82, 2.24) is 9.78 Å². The first-order valence-corrected chi connectivity index (χ1v) is 8.59. The van der Waals surface area contributed by atoms with Crippen LogP contribution in [0.25, 0.3) is 0 Å². The van der Waals surface area contributed by atoms with E-state index >= 15 is 0 Å². The van der Waals surface area contributed by atoms with Gasteiger partial charge in [0.1, 0.15) is 0 Å². The van der Waals surface area contributed by atoms with Crippen molar-refractivity contribution in [3.05, 3.63) is 18.0 Å². The van der Waals surface area contributed by atoms with Crippen molar-refractivity contribution in [3.8, 4) is 0 Å². The Hall–Kier alpha value is -0.480. The van der Waals surface area contributed by atoms with E-state index in [0.717, 1.165) is 36.6 Å². The van der Waals surface area contributed by atoms with Crippen molar-refractivity contribution in [2.45, 2.75) is 59.0 Å². The molecule has 2 N–H and O–H groups in total. The van der Waals surface area contributed by atoms with Crippen molar-refractivity contribution in [2.24, 2.45) is 11.7 Å². The minimum atomic E-state index is 0.216. The molecule has 1 aromatic heterocycles. The Morgan fingerprint density at radius 3 is 2.53 bits per heavy atom. The Balaban J connectivity index is 2.40. The number of aromatic nitrogens is 2. The second kappa shape index (κ2) is 8.64. The summed E-state index contributed by atoms with van der Waals surface area (Å²) in [6, 6.07) is 2.86. The molecule has 0 aliphatic heterocycles. The van der Waals surface area contributed by atoms with Crippen molar-refractivity contribution in [3.63, 3.8) is 0 Å². The molecule has 0 aliphatic rings. The molecule has 0 bridgehead atoms. The second-order valence-corrected chi connectivity index (χ2v) is 6.73. The molecule has 1 rings (SSSR count). The first-order chi connectivity index (χ1) is 9.06. The van der Waals surface area contributed by atoms with E-state index < -0.39 is 0 Å². The predicted octanol–water partition coefficient (Wildman–Crippen LogP) is 3.50. The molecule has 1 unspecified atom stereocenters. The molecule has 19 heavy (non-hydrogen) atoms. The summed E-state index contributed by atoms with van der Waals surface area (Å²) in [6.07, 6.45) is 5.25. The van der Waals surface area contributed by atoms with Gasteiger partial charge in [-0.2, -0.15) is 16.9 Å². The first kappa shape index (κ1) is 16.6. The SMILES string of the molecule is CCC(CC)n1ccc(CC(N)CSCC(C)C)n1. The lowest BCUT2D eigenvalue weighted by Crippen LogP contribution is -2.26. The van der Waals surface area contributed by atoms with Crippen LogP contribution in [0.2, 0.25) is 0 Å². The zero-order valence-electron chi connectivity index (χ0n) is 12.8. The van der Waals surface area contributed by atoms with Gasteiger partial charge in [0.05, 0.1) is 11.7 Å². The monoisotopic (exact) mass is 283 g/mol. The summed E-state index contributed by atoms with van der Waals surface area (Å²) in [5.41, 5.74) is 7.30. The Morgan fingerprint density at radius 1 is 1.26 bits per heavy atom. The lowest BCUT2D eigenvalue weighted by atomic mass is 10.2. The molecule has 0 aromatic carbocycles. The fourth-order valence-electron chi connectivity index (χ4n) is 2.14. The Bertz CT molecular complexity index is 345. The number of rotatable bonds is 9. The van der Waals surface area contributed by atoms with Crippen LogP contribution in [0, 0.1) is 5.92 Å². The highest BCUT2D eigenvalue weighted by atomic mass is 32.2. The van der Waals surface area contributed by atoms with Gasteiger partial charge in [0.25, 0.3) is 0 Å². The maximum Gasteiger partial charge on any atom is 0.0640 e. The molecule has 0 amide bonds. The minimum Gasteiger partial charge on any atom is -0.327 e. The van der Waals surface area contributed by atoms with Crippen LogP contribution < -0.4 is 5.73 Å². The van der Waals surface area contributed by atoms with E-state index in [-0.39, 0.29) is 6.04 Å². The van der Waals surface area contributed by atoms with E-state index in [0.29, 0.717) is 6.04 Å². The molecule has 0 saturated heterocycles. The molecule has 4 heteroatoms. The molecular formula is C15H29N3S. The largest absolute Gasteiger partial charge is 0.327 e. The highest BCUT2D eigenvalue weighted by Crippen LogP contribution is 2.15. The molecule has 110 valence electrons. The normalized spacial score (nSPS) is 13.4. The smallest absolute Gasteiger partial charge is 0.0640 e. The Morgan fingerprint density at radius 2 is 1.95 bits per heavy atom. The molecule has 0 spiro atoms. The fraction of sp³-hybridized carbons (Fsp3) is 0.800. The summed E-state index contributed by atoms with van der Waals surface area (Å²) in [6.45, 7) is 8.92. The summed E-state index contributed by atoms with van der Waals surface area (Å²) < 4.78 is 2.10. The van der Waals surface area contributed by atoms with Gasteiger partial charge in [0.2, 0.25) is 0 Å². The van der Waals surface area contributed by atoms with Crippen molar-refractivity contribution in [1.29, 1.82) is 0 Å². The molecule has 1 heterocycles. The first-order valence-electron chi connectivity index (χ1n) is 7.44. The average Bonchev–Trinajstić information content (AvgIpc) is 2.78. The maximum absolute atomic E-state index is 6.17. The molecule has 0 aliphatic carbocycles. The van der Waals surface area contributed by atoms with Gasteiger partial charge in [-0.05, 0) is 30.6 Å². The van der Waals surface area contributed by atoms with Crippen LogP contribution in [-0.2, 0) is 6.42 Å². The Kier molecular flexibility index (Phi) is 7.54. The van der Waals surface area contributed by atoms with Crippen molar-refractivity contribution >= 4 is 11.8 Å². The van der Waals surface area contributed by atoms with E-state index in [9.17, 15) is 0 Å². The van der Waals surface area contributed by atoms with Crippen molar-refractivity contribution < 1.29 is 0 Å². The van der Waals surface area contributed by atoms with Crippen LogP contribution in [-0.4, -0.2) is 27.3 Å². The van der Waals surface area contributed by atoms with Gasteiger partial charge in [0.15, 0.2) is 0 Å². The maximum atomic E-state index is 6.17. The fourth-order valence-corrected chi connectivity index (χ4v) is 3.16. The van der Waals surface area contributed by atoms with Gasteiger partial charge in [-0.1, -0.05) is 27.7 Å². The molecule has 0 saturated carbocycles. The van der Waals surface area contributed by atoms with Crippen LogP contribution in [0.4, 0.5) is 0 Å². The number of hydrogen-bond donors (Lipinski definition) is 1.